The van der Waals surface area contributed by atoms with Crippen molar-refractivity contribution < 1.29 is 105 Å². The van der Waals surface area contributed by atoms with Crippen molar-refractivity contribution in [1.29, 1.82) is 0 Å². The highest BCUT2D eigenvalue weighted by Crippen LogP contribution is 2.60. The van der Waals surface area contributed by atoms with Gasteiger partial charge in [0.25, 0.3) is 0 Å². The molecule has 1 aromatic heterocycles. The number of aryl methyl sites for hydroxylation is 2. The smallest absolute Gasteiger partial charge is 0.361 e. The molecule has 6 heterocycles. The molecule has 5 aliphatic rings. The van der Waals surface area contributed by atoms with Gasteiger partial charge in [0.2, 0.25) is 28.7 Å². The Morgan fingerprint density at radius 1 is 0.243 bits per heavy atom. The maximum atomic E-state index is 16.2. The average Bonchev–Trinajstić information content (AvgIpc) is 1.60. The molecule has 0 fully saturated rings. The highest BCUT2D eigenvalue weighted by molar-refractivity contribution is 6.00. The van der Waals surface area contributed by atoms with Crippen molar-refractivity contribution >= 4 is 35.8 Å². The molecule has 0 spiro atoms. The van der Waals surface area contributed by atoms with Crippen molar-refractivity contribution in [1.82, 2.24) is 10.2 Å². The molecule has 16 aromatic carbocycles. The van der Waals surface area contributed by atoms with Crippen LogP contribution in [0.15, 0.2) is 400 Å². The fraction of sp³-hybridized carbons (Fsp3) is 0.0948. The monoisotopic (exact) mass is 1850 g/mol. The lowest BCUT2D eigenvalue weighted by Crippen LogP contribution is -2.36. The third-order valence-electron chi connectivity index (χ3n) is 24.1. The van der Waals surface area contributed by atoms with Gasteiger partial charge in [-0.05, 0) is 106 Å². The maximum absolute atomic E-state index is 16.2. The number of hydrogen-bond acceptors (Lipinski definition) is 23. The summed E-state index contributed by atoms with van der Waals surface area (Å²) in [5.41, 5.74) is 4.50. The standard InChI is InChI=1S/C116H80N2O22/c1-111(2,3)140-109(123)77-65-93(103-99(70-77)134-116(138-103,86-55-33-13-34-56-86)87-57-35-14-36-58-87)128-107(121)75-63-91(101-97(68-75)132-114(136-101,82-47-25-9-26-48-82)83-49-27-10-28-50-83)126-105(119)73-61-90(100-95(66-73)130-112(135-100,78-39-17-5-18-40-78)79-41-19-6-20-42-79)125-106(120)74-62-92(102-96(67-74)131-113(137-102,80-43-21-7-22-44-80)81-45-23-8-24-46-81)127-108(122)76-64-94(129-110(124)89-71-88(117-118-89)60-59-72-37-15-4-16-38-72)104-98(69-76)133-115(139-104,84-51-29-11-30-52-84)85-53-31-12-32-54-85/h4-58,61-71H,59-60H2,1-3H3,(H,117,118). The average molecular weight is 1850 g/mol. The lowest BCUT2D eigenvalue weighted by Gasteiger charge is -2.28. The van der Waals surface area contributed by atoms with Gasteiger partial charge >= 0.3 is 64.8 Å². The van der Waals surface area contributed by atoms with Crippen LogP contribution in [-0.4, -0.2) is 51.6 Å². The Balaban J connectivity index is 0.655. The van der Waals surface area contributed by atoms with E-state index in [0.29, 0.717) is 74.2 Å². The molecule has 22 rings (SSSR count). The van der Waals surface area contributed by atoms with Crippen molar-refractivity contribution in [3.8, 4) is 86.2 Å². The molecule has 0 atom stereocenters. The van der Waals surface area contributed by atoms with E-state index in [4.69, 9.17) is 75.8 Å². The Labute approximate surface area is 801 Å². The molecule has 0 saturated heterocycles. The predicted octanol–water partition coefficient (Wildman–Crippen LogP) is 22.6. The Morgan fingerprint density at radius 2 is 0.443 bits per heavy atom. The predicted molar refractivity (Wildman–Crippen MR) is 509 cm³/mol. The molecule has 0 radical (unpaired) electrons. The van der Waals surface area contributed by atoms with Crippen molar-refractivity contribution in [3.63, 3.8) is 0 Å². The van der Waals surface area contributed by atoms with Gasteiger partial charge in [0.05, 0.1) is 33.5 Å². The lowest BCUT2D eigenvalue weighted by molar-refractivity contribution is -0.0470. The number of carbonyl (C=O) groups excluding carboxylic acids is 6. The van der Waals surface area contributed by atoms with E-state index in [1.54, 1.807) is 172 Å². The first-order chi connectivity index (χ1) is 68.2. The second-order valence-electron chi connectivity index (χ2n) is 34.5. The van der Waals surface area contributed by atoms with Crippen LogP contribution in [0, 0.1) is 0 Å². The molecule has 17 aromatic rings. The van der Waals surface area contributed by atoms with E-state index in [1.165, 1.54) is 60.7 Å². The summed E-state index contributed by atoms with van der Waals surface area (Å²) in [5, 5.41) is 7.27. The number of esters is 6. The molecule has 0 bridgehead atoms. The Bertz CT molecular complexity index is 7450. The minimum Gasteiger partial charge on any atom is -0.456 e. The molecule has 5 aliphatic heterocycles. The van der Waals surface area contributed by atoms with E-state index in [-0.39, 0.29) is 114 Å². The second-order valence-corrected chi connectivity index (χ2v) is 34.5. The van der Waals surface area contributed by atoms with E-state index in [9.17, 15) is 9.59 Å². The molecular formula is C116H80N2O22. The first-order valence-corrected chi connectivity index (χ1v) is 45.0. The summed E-state index contributed by atoms with van der Waals surface area (Å²) >= 11 is 0. The molecular weight excluding hydrogens is 1770 g/mol. The Kier molecular flexibility index (Phi) is 22.0. The number of nitrogens with one attached hydrogen (secondary N) is 1. The fourth-order valence-corrected chi connectivity index (χ4v) is 17.6. The van der Waals surface area contributed by atoms with Gasteiger partial charge in [-0.2, -0.15) is 5.10 Å². The highest BCUT2D eigenvalue weighted by Gasteiger charge is 2.54. The molecule has 1 N–H and O–H groups in total. The van der Waals surface area contributed by atoms with Crippen LogP contribution in [0.4, 0.5) is 0 Å². The summed E-state index contributed by atoms with van der Waals surface area (Å²) in [6.45, 7) is 5.15. The molecule has 140 heavy (non-hydrogen) atoms. The lowest BCUT2D eigenvalue weighted by atomic mass is 9.97. The van der Waals surface area contributed by atoms with Crippen LogP contribution in [0.25, 0.3) is 0 Å². The van der Waals surface area contributed by atoms with Gasteiger partial charge in [0, 0.05) is 55.6 Å². The maximum Gasteiger partial charge on any atom is 0.361 e. The number of carbonyl (C=O) groups is 6. The number of nitrogens with zero attached hydrogens (tertiary/aromatic N) is 1. The van der Waals surface area contributed by atoms with Gasteiger partial charge < -0.3 is 75.8 Å². The zero-order valence-electron chi connectivity index (χ0n) is 74.9. The molecule has 24 nitrogen and oxygen atoms in total. The SMILES string of the molecule is CC(C)(C)OC(=O)c1cc(OC(=O)c2cc(OC(=O)c3cc(OC(=O)c4cc(OC(=O)c5cc(OC(=O)c6cc(CCc7ccccc7)n[nH]6)c6c(c5)OC(c5ccccc5)(c5ccccc5)O6)c5c(c4)OC(c4ccccc4)(c4ccccc4)O5)c4c(c3)OC(c3ccccc3)(c3ccccc3)O4)c3c(c2)OC(c2ccccc2)(c2ccccc2)O3)c2c(c1)OC(c1ccccc1)(c1ccccc1)O2. The Morgan fingerprint density at radius 3 is 0.657 bits per heavy atom. The van der Waals surface area contributed by atoms with E-state index in [1.807, 2.05) is 188 Å². The summed E-state index contributed by atoms with van der Waals surface area (Å²) < 4.78 is 109. The van der Waals surface area contributed by atoms with Crippen LogP contribution in [-0.2, 0) is 46.5 Å². The second kappa shape index (κ2) is 35.4. The van der Waals surface area contributed by atoms with E-state index >= 15 is 19.2 Å². The van der Waals surface area contributed by atoms with Crippen LogP contribution in [0.3, 0.4) is 0 Å². The number of fused-ring (bicyclic) bond motifs is 5. The van der Waals surface area contributed by atoms with Crippen molar-refractivity contribution in [2.75, 3.05) is 0 Å². The first-order valence-electron chi connectivity index (χ1n) is 45.0. The normalized spacial score (nSPS) is 14.5. The van der Waals surface area contributed by atoms with E-state index in [0.717, 1.165) is 5.56 Å². The third kappa shape index (κ3) is 16.1. The Hall–Kier alpha value is -18.5. The van der Waals surface area contributed by atoms with Crippen molar-refractivity contribution in [2.45, 2.75) is 68.1 Å². The summed E-state index contributed by atoms with van der Waals surface area (Å²) in [6, 6.07) is 115. The molecule has 0 amide bonds. The number of ether oxygens (including phenoxy) is 16. The van der Waals surface area contributed by atoms with Gasteiger partial charge in [-0.25, -0.2) is 28.8 Å². The van der Waals surface area contributed by atoms with Crippen LogP contribution in [0.5, 0.6) is 86.2 Å². The summed E-state index contributed by atoms with van der Waals surface area (Å²) in [5.74, 6) is -17.8. The van der Waals surface area contributed by atoms with Gasteiger partial charge in [-0.3, -0.25) is 5.10 Å². The van der Waals surface area contributed by atoms with Gasteiger partial charge in [-0.1, -0.05) is 334 Å². The molecule has 0 unspecified atom stereocenters. The molecule has 0 aliphatic carbocycles. The zero-order valence-corrected chi connectivity index (χ0v) is 74.9. The molecule has 686 valence electrons. The van der Waals surface area contributed by atoms with Crippen molar-refractivity contribution in [3.05, 3.63) is 501 Å². The van der Waals surface area contributed by atoms with Gasteiger partial charge in [0.15, 0.2) is 57.5 Å². The summed E-state index contributed by atoms with van der Waals surface area (Å²) in [4.78, 5) is 93.0. The number of aromatic nitrogens is 2. The quantitative estimate of drug-likeness (QED) is 0.0434. The number of rotatable bonds is 24. The molecule has 24 heteroatoms. The fourth-order valence-electron chi connectivity index (χ4n) is 17.6. The number of H-pyrrole nitrogens is 1. The van der Waals surface area contributed by atoms with E-state index < -0.39 is 76.1 Å². The van der Waals surface area contributed by atoms with Gasteiger partial charge in [0.1, 0.15) is 11.3 Å². The van der Waals surface area contributed by atoms with Crippen LogP contribution in [0.2, 0.25) is 0 Å². The third-order valence-corrected chi connectivity index (χ3v) is 24.1. The van der Waals surface area contributed by atoms with Crippen LogP contribution < -0.4 is 71.1 Å². The number of hydrogen-bond donors (Lipinski definition) is 1. The minimum absolute atomic E-state index is 0.00824. The summed E-state index contributed by atoms with van der Waals surface area (Å²) in [7, 11) is 0. The largest absolute Gasteiger partial charge is 0.456 e. The minimum atomic E-state index is -1.86. The van der Waals surface area contributed by atoms with Gasteiger partial charge in [-0.15, -0.1) is 0 Å². The number of benzene rings is 16. The number of aromatic amines is 1. The van der Waals surface area contributed by atoms with E-state index in [2.05, 4.69) is 10.2 Å². The summed E-state index contributed by atoms with van der Waals surface area (Å²) in [6.07, 6.45) is 1.12. The first kappa shape index (κ1) is 86.9. The highest BCUT2D eigenvalue weighted by atomic mass is 16.8. The van der Waals surface area contributed by atoms with Crippen LogP contribution >= 0.6 is 0 Å². The van der Waals surface area contributed by atoms with Crippen LogP contribution in [0.1, 0.15) is 150 Å². The van der Waals surface area contributed by atoms with Crippen molar-refractivity contribution in [2.24, 2.45) is 0 Å². The molecule has 0 saturated carbocycles. The zero-order chi connectivity index (χ0) is 95.3. The topological polar surface area (TPSA) is 279 Å².